The smallest absolute Gasteiger partial charge is 0.127 e. The van der Waals surface area contributed by atoms with Gasteiger partial charge in [-0.2, -0.15) is 0 Å². The van der Waals surface area contributed by atoms with E-state index in [1.165, 1.54) is 0 Å². The van der Waals surface area contributed by atoms with Crippen LogP contribution in [0.1, 0.15) is 18.4 Å². The van der Waals surface area contributed by atoms with Gasteiger partial charge in [-0.15, -0.1) is 6.58 Å². The third-order valence-electron chi connectivity index (χ3n) is 2.78. The van der Waals surface area contributed by atoms with Gasteiger partial charge < -0.3 is 5.11 Å². The van der Waals surface area contributed by atoms with Crippen LogP contribution in [0.4, 0.5) is 0 Å². The molecule has 76 valence electrons. The van der Waals surface area contributed by atoms with Crippen LogP contribution in [-0.2, 0) is 0 Å². The molecule has 15 heavy (non-hydrogen) atoms. The summed E-state index contributed by atoms with van der Waals surface area (Å²) in [5.74, 6) is 0.551. The van der Waals surface area contributed by atoms with Gasteiger partial charge in [0.05, 0.1) is 0 Å². The molecule has 0 aromatic heterocycles. The molecule has 0 aliphatic carbocycles. The Hall–Kier alpha value is -1.76. The molecule has 1 unspecified atom stereocenters. The minimum absolute atomic E-state index is 0.176. The van der Waals surface area contributed by atoms with Crippen molar-refractivity contribution >= 4 is 10.8 Å². The van der Waals surface area contributed by atoms with Crippen molar-refractivity contribution in [1.82, 2.24) is 0 Å². The lowest BCUT2D eigenvalue weighted by atomic mass is 9.96. The van der Waals surface area contributed by atoms with Crippen molar-refractivity contribution in [3.8, 4) is 5.75 Å². The molecule has 0 fully saturated rings. The van der Waals surface area contributed by atoms with Crippen LogP contribution in [0.3, 0.4) is 0 Å². The van der Waals surface area contributed by atoms with E-state index in [1.807, 2.05) is 49.4 Å². The summed E-state index contributed by atoms with van der Waals surface area (Å²) in [5.41, 5.74) is 0.934. The molecule has 0 aliphatic rings. The summed E-state index contributed by atoms with van der Waals surface area (Å²) >= 11 is 0. The van der Waals surface area contributed by atoms with Crippen molar-refractivity contribution in [1.29, 1.82) is 0 Å². The van der Waals surface area contributed by atoms with Crippen molar-refractivity contribution in [3.05, 3.63) is 54.6 Å². The van der Waals surface area contributed by atoms with Gasteiger partial charge in [0.15, 0.2) is 0 Å². The molecule has 2 rings (SSSR count). The van der Waals surface area contributed by atoms with Gasteiger partial charge in [-0.25, -0.2) is 0 Å². The van der Waals surface area contributed by atoms with Crippen LogP contribution in [0.5, 0.6) is 5.75 Å². The van der Waals surface area contributed by atoms with Crippen LogP contribution >= 0.6 is 0 Å². The number of fused-ring (bicyclic) bond motifs is 1. The highest BCUT2D eigenvalue weighted by molar-refractivity contribution is 5.89. The maximum atomic E-state index is 10.1. The molecule has 0 amide bonds. The number of phenols is 1. The van der Waals surface area contributed by atoms with Crippen LogP contribution in [0.2, 0.25) is 0 Å². The monoisotopic (exact) mass is 198 g/mol. The van der Waals surface area contributed by atoms with Gasteiger partial charge in [0.1, 0.15) is 5.75 Å². The molecular formula is C14H14O. The Labute approximate surface area is 89.7 Å². The van der Waals surface area contributed by atoms with Crippen LogP contribution in [-0.4, -0.2) is 5.11 Å². The van der Waals surface area contributed by atoms with Gasteiger partial charge in [-0.05, 0) is 5.39 Å². The van der Waals surface area contributed by atoms with E-state index in [2.05, 4.69) is 6.58 Å². The molecule has 0 saturated carbocycles. The van der Waals surface area contributed by atoms with Crippen molar-refractivity contribution in [3.63, 3.8) is 0 Å². The highest BCUT2D eigenvalue weighted by atomic mass is 16.3. The normalized spacial score (nSPS) is 12.6. The summed E-state index contributed by atoms with van der Waals surface area (Å²) in [5, 5.41) is 12.1. The molecule has 0 heterocycles. The Kier molecular flexibility index (Phi) is 2.46. The van der Waals surface area contributed by atoms with Crippen molar-refractivity contribution in [2.24, 2.45) is 0 Å². The van der Waals surface area contributed by atoms with Gasteiger partial charge in [0.25, 0.3) is 0 Å². The number of allylic oxidation sites excluding steroid dienone is 1. The van der Waals surface area contributed by atoms with E-state index in [4.69, 9.17) is 0 Å². The Bertz CT molecular complexity index is 500. The predicted octanol–water partition coefficient (Wildman–Crippen LogP) is 3.83. The van der Waals surface area contributed by atoms with Crippen LogP contribution < -0.4 is 0 Å². The van der Waals surface area contributed by atoms with Gasteiger partial charge in [0.2, 0.25) is 0 Å². The predicted molar refractivity (Wildman–Crippen MR) is 64.2 cm³/mol. The number of phenolic OH excluding ortho intramolecular Hbond substituents is 1. The lowest BCUT2D eigenvalue weighted by Gasteiger charge is -2.11. The zero-order valence-electron chi connectivity index (χ0n) is 8.77. The molecule has 1 nitrogen and oxygen atoms in total. The average molecular weight is 198 g/mol. The number of hydrogen-bond donors (Lipinski definition) is 1. The average Bonchev–Trinajstić information content (AvgIpc) is 2.29. The molecule has 1 heteroatoms. The fourth-order valence-corrected chi connectivity index (χ4v) is 1.77. The summed E-state index contributed by atoms with van der Waals surface area (Å²) in [6, 6.07) is 11.8. The first kappa shape index (κ1) is 9.78. The second-order valence-corrected chi connectivity index (χ2v) is 3.75. The Balaban J connectivity index is 2.70. The molecule has 2 aromatic carbocycles. The third kappa shape index (κ3) is 1.61. The van der Waals surface area contributed by atoms with Crippen LogP contribution in [0.15, 0.2) is 49.1 Å². The van der Waals surface area contributed by atoms with Crippen molar-refractivity contribution in [2.45, 2.75) is 12.8 Å². The molecule has 1 atom stereocenters. The number of rotatable bonds is 2. The highest BCUT2D eigenvalue weighted by Gasteiger charge is 2.09. The molecule has 0 saturated heterocycles. The second kappa shape index (κ2) is 3.77. The van der Waals surface area contributed by atoms with E-state index in [9.17, 15) is 5.11 Å². The van der Waals surface area contributed by atoms with E-state index in [1.54, 1.807) is 0 Å². The molecular weight excluding hydrogens is 184 g/mol. The van der Waals surface area contributed by atoms with E-state index in [0.29, 0.717) is 5.75 Å². The summed E-state index contributed by atoms with van der Waals surface area (Å²) in [6.07, 6.45) is 1.84. The first-order valence-corrected chi connectivity index (χ1v) is 5.07. The molecule has 0 radical (unpaired) electrons. The quantitative estimate of drug-likeness (QED) is 0.727. The number of aromatic hydroxyl groups is 1. The first-order valence-electron chi connectivity index (χ1n) is 5.07. The van der Waals surface area contributed by atoms with Gasteiger partial charge in [-0.1, -0.05) is 49.4 Å². The fraction of sp³-hybridized carbons (Fsp3) is 0.143. The molecule has 0 spiro atoms. The van der Waals surface area contributed by atoms with Crippen molar-refractivity contribution < 1.29 is 5.11 Å². The summed E-state index contributed by atoms with van der Waals surface area (Å²) in [7, 11) is 0. The number of hydrogen-bond acceptors (Lipinski definition) is 1. The lowest BCUT2D eigenvalue weighted by molar-refractivity contribution is 0.473. The van der Waals surface area contributed by atoms with Gasteiger partial charge in [0, 0.05) is 16.9 Å². The number of benzene rings is 2. The molecule has 0 bridgehead atoms. The Morgan fingerprint density at radius 3 is 2.67 bits per heavy atom. The standard InChI is InChI=1S/C14H14O/c1-3-10(2)12-9-8-11-6-4-5-7-13(11)14(12)15/h3-10,15H,1H2,2H3. The Morgan fingerprint density at radius 1 is 1.20 bits per heavy atom. The zero-order chi connectivity index (χ0) is 10.8. The maximum absolute atomic E-state index is 10.1. The van der Waals surface area contributed by atoms with Crippen LogP contribution in [0.25, 0.3) is 10.8 Å². The molecule has 2 aromatic rings. The summed E-state index contributed by atoms with van der Waals surface area (Å²) < 4.78 is 0. The molecule has 1 N–H and O–H groups in total. The minimum Gasteiger partial charge on any atom is -0.507 e. The zero-order valence-corrected chi connectivity index (χ0v) is 8.77. The Morgan fingerprint density at radius 2 is 1.93 bits per heavy atom. The highest BCUT2D eigenvalue weighted by Crippen LogP contribution is 2.33. The summed E-state index contributed by atoms with van der Waals surface area (Å²) in [6.45, 7) is 5.77. The van der Waals surface area contributed by atoms with Crippen molar-refractivity contribution in [2.75, 3.05) is 0 Å². The largest absolute Gasteiger partial charge is 0.507 e. The van der Waals surface area contributed by atoms with E-state index in [-0.39, 0.29) is 5.92 Å². The second-order valence-electron chi connectivity index (χ2n) is 3.75. The van der Waals surface area contributed by atoms with E-state index >= 15 is 0 Å². The third-order valence-corrected chi connectivity index (χ3v) is 2.78. The summed E-state index contributed by atoms with van der Waals surface area (Å²) in [4.78, 5) is 0. The van der Waals surface area contributed by atoms with Gasteiger partial charge >= 0.3 is 0 Å². The van der Waals surface area contributed by atoms with Crippen LogP contribution in [0, 0.1) is 0 Å². The lowest BCUT2D eigenvalue weighted by Crippen LogP contribution is -1.89. The minimum atomic E-state index is 0.176. The topological polar surface area (TPSA) is 20.2 Å². The van der Waals surface area contributed by atoms with E-state index < -0.39 is 0 Å². The first-order chi connectivity index (χ1) is 7.24. The van der Waals surface area contributed by atoms with Gasteiger partial charge in [-0.3, -0.25) is 0 Å². The SMILES string of the molecule is C=CC(C)c1ccc2ccccc2c1O. The molecule has 0 aliphatic heterocycles. The fourth-order valence-electron chi connectivity index (χ4n) is 1.77. The maximum Gasteiger partial charge on any atom is 0.127 e. The van der Waals surface area contributed by atoms with E-state index in [0.717, 1.165) is 16.3 Å².